The molecule has 0 amide bonds. The van der Waals surface area contributed by atoms with E-state index >= 15 is 0 Å². The largest absolute Gasteiger partial charge is 0.463 e. The molecule has 190 valence electrons. The molecule has 9 heteroatoms. The Morgan fingerprint density at radius 2 is 2.06 bits per heavy atom. The van der Waals surface area contributed by atoms with Crippen LogP contribution >= 0.6 is 11.8 Å². The number of carbonyl (C=O) groups is 2. The van der Waals surface area contributed by atoms with Crippen LogP contribution in [0.15, 0.2) is 35.2 Å². The maximum Gasteiger partial charge on any atom is 0.339 e. The number of methoxy groups -OCH3 is 1. The van der Waals surface area contributed by atoms with E-state index in [1.54, 1.807) is 18.9 Å². The Labute approximate surface area is 209 Å². The SMILES string of the molecule is COCOC1C[C@@]23CC[C@@H]1C[C@@]21O[C@H]2[C@@H](O)C[C@@H](Sc4ccccc4)[C@H](OC(C)=O)[C@]23COC1=O. The predicted octanol–water partition coefficient (Wildman–Crippen LogP) is 2.70. The minimum atomic E-state index is -1.16. The molecule has 2 saturated heterocycles. The first-order chi connectivity index (χ1) is 16.9. The summed E-state index contributed by atoms with van der Waals surface area (Å²) >= 11 is 1.60. The van der Waals surface area contributed by atoms with E-state index in [1.165, 1.54) is 6.92 Å². The van der Waals surface area contributed by atoms with Gasteiger partial charge in [0.25, 0.3) is 0 Å². The molecule has 1 aromatic rings. The molecule has 4 aliphatic carbocycles. The van der Waals surface area contributed by atoms with Gasteiger partial charge >= 0.3 is 11.9 Å². The smallest absolute Gasteiger partial charge is 0.339 e. The van der Waals surface area contributed by atoms with E-state index in [0.29, 0.717) is 19.3 Å². The van der Waals surface area contributed by atoms with Crippen LogP contribution < -0.4 is 0 Å². The molecular weight excluding hydrogens is 472 g/mol. The van der Waals surface area contributed by atoms with Gasteiger partial charge in [0.2, 0.25) is 0 Å². The Balaban J connectivity index is 1.48. The molecule has 0 radical (unpaired) electrons. The predicted molar refractivity (Wildman–Crippen MR) is 124 cm³/mol. The molecule has 35 heavy (non-hydrogen) atoms. The number of esters is 2. The zero-order chi connectivity index (χ0) is 24.4. The Hall–Kier alpha value is -1.65. The van der Waals surface area contributed by atoms with E-state index in [-0.39, 0.29) is 42.6 Å². The fraction of sp³-hybridized carbons (Fsp3) is 0.692. The molecule has 4 bridgehead atoms. The lowest BCUT2D eigenvalue weighted by Gasteiger charge is -2.65. The number of ether oxygens (including phenoxy) is 5. The second-order valence-electron chi connectivity index (χ2n) is 10.7. The first-order valence-corrected chi connectivity index (χ1v) is 13.3. The van der Waals surface area contributed by atoms with Crippen molar-refractivity contribution in [3.63, 3.8) is 0 Å². The number of cyclic esters (lactones) is 1. The van der Waals surface area contributed by atoms with Gasteiger partial charge in [-0.15, -0.1) is 11.8 Å². The summed E-state index contributed by atoms with van der Waals surface area (Å²) in [5, 5.41) is 11.3. The summed E-state index contributed by atoms with van der Waals surface area (Å²) in [5.74, 6) is -0.609. The van der Waals surface area contributed by atoms with Crippen LogP contribution in [0.5, 0.6) is 0 Å². The first-order valence-electron chi connectivity index (χ1n) is 12.4. The lowest BCUT2D eigenvalue weighted by molar-refractivity contribution is -0.262. The molecule has 9 atom stereocenters. The van der Waals surface area contributed by atoms with Gasteiger partial charge in [0, 0.05) is 29.6 Å². The molecule has 2 heterocycles. The van der Waals surface area contributed by atoms with Crippen LogP contribution in [0.1, 0.15) is 39.0 Å². The quantitative estimate of drug-likeness (QED) is 0.463. The summed E-state index contributed by atoms with van der Waals surface area (Å²) in [7, 11) is 1.60. The number of aliphatic hydroxyl groups excluding tert-OH is 1. The molecule has 2 aliphatic heterocycles. The lowest BCUT2D eigenvalue weighted by Crippen LogP contribution is -2.75. The van der Waals surface area contributed by atoms with Crippen LogP contribution in [0.3, 0.4) is 0 Å². The van der Waals surface area contributed by atoms with E-state index in [9.17, 15) is 14.7 Å². The minimum Gasteiger partial charge on any atom is -0.463 e. The first kappa shape index (κ1) is 23.7. The van der Waals surface area contributed by atoms with E-state index in [1.807, 2.05) is 30.3 Å². The van der Waals surface area contributed by atoms with Crippen molar-refractivity contribution < 1.29 is 38.4 Å². The van der Waals surface area contributed by atoms with Gasteiger partial charge in [-0.25, -0.2) is 4.79 Å². The van der Waals surface area contributed by atoms with Crippen LogP contribution in [0.25, 0.3) is 0 Å². The van der Waals surface area contributed by atoms with E-state index in [4.69, 9.17) is 23.7 Å². The highest BCUT2D eigenvalue weighted by atomic mass is 32.2. The normalized spacial score (nSPS) is 45.4. The van der Waals surface area contributed by atoms with Crippen molar-refractivity contribution in [2.24, 2.45) is 16.7 Å². The fourth-order valence-electron chi connectivity index (χ4n) is 8.05. The third-order valence-corrected chi connectivity index (χ3v) is 10.5. The molecule has 7 rings (SSSR count). The van der Waals surface area contributed by atoms with E-state index in [0.717, 1.165) is 17.7 Å². The van der Waals surface area contributed by atoms with Gasteiger partial charge in [0.05, 0.1) is 23.7 Å². The van der Waals surface area contributed by atoms with E-state index in [2.05, 4.69) is 0 Å². The second kappa shape index (κ2) is 8.45. The number of hydrogen-bond acceptors (Lipinski definition) is 9. The maximum absolute atomic E-state index is 13.5. The van der Waals surface area contributed by atoms with Gasteiger partial charge in [0.1, 0.15) is 19.5 Å². The third-order valence-electron chi connectivity index (χ3n) is 9.23. The standard InChI is InChI=1S/C26H32O8S/c1-15(27)33-22-20(35-17-6-4-3-5-7-17)10-18(28)21-25(22)13-31-23(29)26(34-21)11-16-8-9-24(25,26)12-19(16)32-14-30-2/h3-7,16,18-22,28H,8-14H2,1-2H3/t16-,18+,19?,20-,21+,22+,24-,25+,26+/m1/s1. The zero-order valence-electron chi connectivity index (χ0n) is 20.0. The molecule has 0 aromatic heterocycles. The van der Waals surface area contributed by atoms with Crippen LogP contribution in [0.4, 0.5) is 0 Å². The van der Waals surface area contributed by atoms with Crippen LogP contribution in [-0.4, -0.2) is 72.8 Å². The highest BCUT2D eigenvalue weighted by Gasteiger charge is 2.86. The maximum atomic E-state index is 13.5. The molecule has 1 aromatic carbocycles. The number of aliphatic hydroxyl groups is 1. The molecule has 8 nitrogen and oxygen atoms in total. The molecule has 6 aliphatic rings. The molecular formula is C26H32O8S. The van der Waals surface area contributed by atoms with Crippen molar-refractivity contribution in [1.29, 1.82) is 0 Å². The topological polar surface area (TPSA) is 101 Å². The Bertz CT molecular complexity index is 1000. The van der Waals surface area contributed by atoms with E-state index < -0.39 is 34.7 Å². The van der Waals surface area contributed by atoms with Gasteiger partial charge in [-0.1, -0.05) is 18.2 Å². The number of hydrogen-bond donors (Lipinski definition) is 1. The van der Waals surface area contributed by atoms with Gasteiger partial charge < -0.3 is 28.8 Å². The van der Waals surface area contributed by atoms with Crippen molar-refractivity contribution in [3.8, 4) is 0 Å². The summed E-state index contributed by atoms with van der Waals surface area (Å²) in [6.45, 7) is 1.65. The highest BCUT2D eigenvalue weighted by Crippen LogP contribution is 2.76. The van der Waals surface area contributed by atoms with Crippen molar-refractivity contribution in [3.05, 3.63) is 30.3 Å². The van der Waals surface area contributed by atoms with Gasteiger partial charge in [-0.3, -0.25) is 4.79 Å². The number of rotatable bonds is 6. The van der Waals surface area contributed by atoms with Crippen LogP contribution in [0.2, 0.25) is 0 Å². The summed E-state index contributed by atoms with van der Waals surface area (Å²) < 4.78 is 30.0. The Morgan fingerprint density at radius 1 is 1.26 bits per heavy atom. The molecule has 6 fully saturated rings. The van der Waals surface area contributed by atoms with Crippen molar-refractivity contribution in [1.82, 2.24) is 0 Å². The average molecular weight is 505 g/mol. The number of benzene rings is 1. The minimum absolute atomic E-state index is 0.0563. The summed E-state index contributed by atoms with van der Waals surface area (Å²) in [5.41, 5.74) is -2.68. The number of fused-ring (bicyclic) bond motifs is 2. The summed E-state index contributed by atoms with van der Waals surface area (Å²) in [4.78, 5) is 27.0. The Morgan fingerprint density at radius 3 is 2.80 bits per heavy atom. The zero-order valence-corrected chi connectivity index (χ0v) is 20.8. The van der Waals surface area contributed by atoms with Crippen molar-refractivity contribution in [2.75, 3.05) is 20.5 Å². The van der Waals surface area contributed by atoms with Crippen LogP contribution in [0, 0.1) is 16.7 Å². The monoisotopic (exact) mass is 504 g/mol. The fourth-order valence-corrected chi connectivity index (χ4v) is 9.43. The number of thioether (sulfide) groups is 1. The molecule has 1 unspecified atom stereocenters. The molecule has 4 saturated carbocycles. The van der Waals surface area contributed by atoms with Crippen LogP contribution in [-0.2, 0) is 33.3 Å². The lowest BCUT2D eigenvalue weighted by atomic mass is 9.40. The van der Waals surface area contributed by atoms with Gasteiger partial charge in [-0.2, -0.15) is 0 Å². The second-order valence-corrected chi connectivity index (χ2v) is 12.0. The van der Waals surface area contributed by atoms with Crippen molar-refractivity contribution >= 4 is 23.7 Å². The average Bonchev–Trinajstić information content (AvgIpc) is 3.04. The summed E-state index contributed by atoms with van der Waals surface area (Å²) in [6.07, 6.45) is 0.901. The van der Waals surface area contributed by atoms with Gasteiger partial charge in [0.15, 0.2) is 5.60 Å². The highest BCUT2D eigenvalue weighted by molar-refractivity contribution is 8.00. The van der Waals surface area contributed by atoms with Crippen molar-refractivity contribution in [2.45, 2.75) is 79.2 Å². The van der Waals surface area contributed by atoms with Gasteiger partial charge in [-0.05, 0) is 50.2 Å². The molecule has 2 spiro atoms. The Kier molecular flexibility index (Phi) is 5.73. The number of carbonyl (C=O) groups excluding carboxylic acids is 2. The third kappa shape index (κ3) is 3.14. The summed E-state index contributed by atoms with van der Waals surface area (Å²) in [6, 6.07) is 9.92. The molecule has 1 N–H and O–H groups in total.